The van der Waals surface area contributed by atoms with Crippen LogP contribution in [0.1, 0.15) is 23.0 Å². The molecule has 1 N–H and O–H groups in total. The maximum absolute atomic E-state index is 12.0. The van der Waals surface area contributed by atoms with Crippen molar-refractivity contribution in [1.29, 1.82) is 0 Å². The second kappa shape index (κ2) is 9.34. The number of halogens is 1. The van der Waals surface area contributed by atoms with Crippen LogP contribution in [0.3, 0.4) is 0 Å². The van der Waals surface area contributed by atoms with Gasteiger partial charge in [0.1, 0.15) is 17.2 Å². The number of aromatic nitrogens is 2. The number of amides is 1. The zero-order chi connectivity index (χ0) is 23.5. The van der Waals surface area contributed by atoms with Gasteiger partial charge < -0.3 is 14.8 Å². The Morgan fingerprint density at radius 1 is 0.970 bits per heavy atom. The largest absolute Gasteiger partial charge is 0.496 e. The smallest absolute Gasteiger partial charge is 0.272 e. The van der Waals surface area contributed by atoms with E-state index in [1.807, 2.05) is 54.6 Å². The summed E-state index contributed by atoms with van der Waals surface area (Å²) in [5, 5.41) is 8.54. The number of methoxy groups -OCH3 is 2. The summed E-state index contributed by atoms with van der Waals surface area (Å²) in [6.45, 7) is 1.88. The van der Waals surface area contributed by atoms with Gasteiger partial charge in [-0.15, -0.1) is 0 Å². The van der Waals surface area contributed by atoms with Gasteiger partial charge in [0.15, 0.2) is 0 Å². The summed E-state index contributed by atoms with van der Waals surface area (Å²) in [4.78, 5) is 23.5. The van der Waals surface area contributed by atoms with E-state index in [-0.39, 0.29) is 11.6 Å². The number of nitrogens with one attached hydrogen (secondary N) is 1. The fourth-order valence-electron chi connectivity index (χ4n) is 3.85. The SMILES string of the molecule is COc1cccc(OC)c1-c1cc(C(=O)Cl)nn1-c1ccc(CNC(C)=O)c2ccccc12. The number of hydrogen-bond acceptors (Lipinski definition) is 5. The van der Waals surface area contributed by atoms with Gasteiger partial charge in [-0.3, -0.25) is 9.59 Å². The number of nitrogens with zero attached hydrogens (tertiary/aromatic N) is 2. The van der Waals surface area contributed by atoms with E-state index >= 15 is 0 Å². The van der Waals surface area contributed by atoms with E-state index in [0.29, 0.717) is 29.3 Å². The molecule has 0 unspecified atom stereocenters. The van der Waals surface area contributed by atoms with Crippen LogP contribution in [0.2, 0.25) is 0 Å². The van der Waals surface area contributed by atoms with Crippen LogP contribution in [0.15, 0.2) is 60.7 Å². The van der Waals surface area contributed by atoms with Crippen molar-refractivity contribution in [1.82, 2.24) is 15.1 Å². The maximum atomic E-state index is 12.0. The van der Waals surface area contributed by atoms with Gasteiger partial charge in [0.25, 0.3) is 5.24 Å². The molecular formula is C25H22ClN3O4. The molecule has 0 saturated heterocycles. The summed E-state index contributed by atoms with van der Waals surface area (Å²) in [6, 6.07) is 18.7. The topological polar surface area (TPSA) is 82.4 Å². The minimum Gasteiger partial charge on any atom is -0.496 e. The third-order valence-electron chi connectivity index (χ3n) is 5.34. The number of carbonyl (C=O) groups is 2. The van der Waals surface area contributed by atoms with Crippen LogP contribution in [0, 0.1) is 0 Å². The number of rotatable bonds is 7. The highest BCUT2D eigenvalue weighted by molar-refractivity contribution is 6.67. The van der Waals surface area contributed by atoms with E-state index in [4.69, 9.17) is 21.1 Å². The fraction of sp³-hybridized carbons (Fsp3) is 0.160. The molecule has 4 aromatic rings. The van der Waals surface area contributed by atoms with Gasteiger partial charge in [-0.05, 0) is 46.8 Å². The summed E-state index contributed by atoms with van der Waals surface area (Å²) >= 11 is 5.81. The number of ether oxygens (including phenoxy) is 2. The highest BCUT2D eigenvalue weighted by Crippen LogP contribution is 2.40. The number of benzene rings is 3. The van der Waals surface area contributed by atoms with Crippen LogP contribution in [-0.4, -0.2) is 35.1 Å². The minimum absolute atomic E-state index is 0.103. The quantitative estimate of drug-likeness (QED) is 0.401. The first-order chi connectivity index (χ1) is 15.9. The molecule has 8 heteroatoms. The average Bonchev–Trinajstić information content (AvgIpc) is 3.26. The second-order valence-electron chi connectivity index (χ2n) is 7.34. The van der Waals surface area contributed by atoms with E-state index in [1.54, 1.807) is 25.0 Å². The van der Waals surface area contributed by atoms with Crippen molar-refractivity contribution < 1.29 is 19.1 Å². The van der Waals surface area contributed by atoms with Crippen molar-refractivity contribution in [2.75, 3.05) is 14.2 Å². The molecule has 1 amide bonds. The van der Waals surface area contributed by atoms with E-state index in [0.717, 1.165) is 22.0 Å². The number of fused-ring (bicyclic) bond motifs is 1. The van der Waals surface area contributed by atoms with Crippen molar-refractivity contribution >= 4 is 33.5 Å². The summed E-state index contributed by atoms with van der Waals surface area (Å²) in [5.74, 6) is 1.03. The number of carbonyl (C=O) groups excluding carboxylic acids is 2. The molecule has 33 heavy (non-hydrogen) atoms. The molecule has 0 fully saturated rings. The molecule has 0 bridgehead atoms. The van der Waals surface area contributed by atoms with Crippen LogP contribution in [0.5, 0.6) is 11.5 Å². The maximum Gasteiger partial charge on any atom is 0.272 e. The molecule has 0 atom stereocenters. The molecule has 1 aromatic heterocycles. The van der Waals surface area contributed by atoms with E-state index in [9.17, 15) is 9.59 Å². The Kier molecular flexibility index (Phi) is 6.33. The average molecular weight is 464 g/mol. The first-order valence-corrected chi connectivity index (χ1v) is 10.6. The molecule has 1 heterocycles. The molecule has 0 radical (unpaired) electrons. The van der Waals surface area contributed by atoms with Crippen LogP contribution in [0.25, 0.3) is 27.7 Å². The molecule has 0 aliphatic heterocycles. The predicted octanol–water partition coefficient (Wildman–Crippen LogP) is 4.72. The van der Waals surface area contributed by atoms with Crippen molar-refractivity contribution in [3.63, 3.8) is 0 Å². The van der Waals surface area contributed by atoms with Crippen LogP contribution >= 0.6 is 11.6 Å². The van der Waals surface area contributed by atoms with Gasteiger partial charge in [0, 0.05) is 18.9 Å². The van der Waals surface area contributed by atoms with E-state index < -0.39 is 5.24 Å². The van der Waals surface area contributed by atoms with Crippen LogP contribution in [0.4, 0.5) is 0 Å². The number of hydrogen-bond donors (Lipinski definition) is 1. The lowest BCUT2D eigenvalue weighted by Crippen LogP contribution is -2.19. The monoisotopic (exact) mass is 463 g/mol. The Morgan fingerprint density at radius 3 is 2.24 bits per heavy atom. The van der Waals surface area contributed by atoms with Gasteiger partial charge in [-0.1, -0.05) is 36.4 Å². The highest BCUT2D eigenvalue weighted by Gasteiger charge is 2.22. The fourth-order valence-corrected chi connectivity index (χ4v) is 3.94. The Labute approximate surface area is 195 Å². The molecule has 7 nitrogen and oxygen atoms in total. The van der Waals surface area contributed by atoms with Gasteiger partial charge in [0.05, 0.1) is 31.2 Å². The second-order valence-corrected chi connectivity index (χ2v) is 7.68. The van der Waals surface area contributed by atoms with Crippen LogP contribution in [-0.2, 0) is 11.3 Å². The molecule has 0 saturated carbocycles. The zero-order valence-electron chi connectivity index (χ0n) is 18.4. The van der Waals surface area contributed by atoms with Gasteiger partial charge in [-0.2, -0.15) is 5.10 Å². The lowest BCUT2D eigenvalue weighted by molar-refractivity contribution is -0.119. The molecule has 4 rings (SSSR count). The van der Waals surface area contributed by atoms with Gasteiger partial charge in [0.2, 0.25) is 5.91 Å². The molecule has 3 aromatic carbocycles. The highest BCUT2D eigenvalue weighted by atomic mass is 35.5. The minimum atomic E-state index is -0.671. The van der Waals surface area contributed by atoms with Crippen molar-refractivity contribution in [3.05, 3.63) is 71.9 Å². The predicted molar refractivity (Wildman–Crippen MR) is 127 cm³/mol. The van der Waals surface area contributed by atoms with E-state index in [1.165, 1.54) is 6.92 Å². The summed E-state index contributed by atoms with van der Waals surface area (Å²) in [6.07, 6.45) is 0. The molecule has 168 valence electrons. The lowest BCUT2D eigenvalue weighted by atomic mass is 10.0. The van der Waals surface area contributed by atoms with Crippen molar-refractivity contribution in [2.45, 2.75) is 13.5 Å². The normalized spacial score (nSPS) is 10.8. The standard InChI is InChI=1S/C25H22ClN3O4/c1-15(30)27-14-16-11-12-20(18-8-5-4-7-17(16)18)29-21(13-19(28-29)25(26)31)24-22(32-2)9-6-10-23(24)33-3/h4-13H,14H2,1-3H3,(H,27,30). The Hall–Kier alpha value is -3.84. The third-order valence-corrected chi connectivity index (χ3v) is 5.54. The first kappa shape index (κ1) is 22.4. The van der Waals surface area contributed by atoms with Crippen molar-refractivity contribution in [3.8, 4) is 28.4 Å². The Balaban J connectivity index is 2.00. The summed E-state index contributed by atoms with van der Waals surface area (Å²) in [5.41, 5.74) is 3.04. The van der Waals surface area contributed by atoms with Crippen molar-refractivity contribution in [2.24, 2.45) is 0 Å². The lowest BCUT2D eigenvalue weighted by Gasteiger charge is -2.17. The Bertz CT molecular complexity index is 1340. The first-order valence-electron chi connectivity index (χ1n) is 10.2. The Morgan fingerprint density at radius 2 is 1.64 bits per heavy atom. The zero-order valence-corrected chi connectivity index (χ0v) is 19.1. The molecule has 0 spiro atoms. The third kappa shape index (κ3) is 4.27. The summed E-state index contributed by atoms with van der Waals surface area (Å²) in [7, 11) is 3.14. The van der Waals surface area contributed by atoms with Gasteiger partial charge in [-0.25, -0.2) is 4.68 Å². The molecule has 0 aliphatic carbocycles. The van der Waals surface area contributed by atoms with Gasteiger partial charge >= 0.3 is 0 Å². The van der Waals surface area contributed by atoms with Crippen LogP contribution < -0.4 is 14.8 Å². The summed E-state index contributed by atoms with van der Waals surface area (Å²) < 4.78 is 12.8. The molecule has 0 aliphatic rings. The molecular weight excluding hydrogens is 442 g/mol. The van der Waals surface area contributed by atoms with E-state index in [2.05, 4.69) is 10.4 Å².